The van der Waals surface area contributed by atoms with Crippen molar-refractivity contribution in [2.75, 3.05) is 6.54 Å². The summed E-state index contributed by atoms with van der Waals surface area (Å²) in [5.74, 6) is 0.404. The van der Waals surface area contributed by atoms with Gasteiger partial charge in [-0.15, -0.1) is 16.4 Å². The summed E-state index contributed by atoms with van der Waals surface area (Å²) in [6.45, 7) is 7.37. The van der Waals surface area contributed by atoms with Crippen LogP contribution in [0.5, 0.6) is 0 Å². The van der Waals surface area contributed by atoms with Gasteiger partial charge in [0.15, 0.2) is 0 Å². The second-order valence-corrected chi connectivity index (χ2v) is 7.28. The summed E-state index contributed by atoms with van der Waals surface area (Å²) < 4.78 is 4.97. The van der Waals surface area contributed by atoms with Crippen molar-refractivity contribution in [3.63, 3.8) is 0 Å². The van der Waals surface area contributed by atoms with Crippen LogP contribution in [0.4, 0.5) is 0 Å². The Morgan fingerprint density at radius 2 is 2.16 bits per heavy atom. The van der Waals surface area contributed by atoms with Crippen LogP contribution in [-0.4, -0.2) is 16.1 Å². The maximum absolute atomic E-state index is 6.00. The van der Waals surface area contributed by atoms with E-state index >= 15 is 0 Å². The van der Waals surface area contributed by atoms with Crippen molar-refractivity contribution in [1.82, 2.24) is 14.9 Å². The van der Waals surface area contributed by atoms with Gasteiger partial charge in [-0.1, -0.05) is 36.9 Å². The van der Waals surface area contributed by atoms with Gasteiger partial charge in [0.25, 0.3) is 0 Å². The summed E-state index contributed by atoms with van der Waals surface area (Å²) in [6, 6.07) is 4.33. The Labute approximate surface area is 127 Å². The van der Waals surface area contributed by atoms with Gasteiger partial charge in [0.1, 0.15) is 0 Å². The van der Waals surface area contributed by atoms with Crippen LogP contribution in [0.3, 0.4) is 0 Å². The molecule has 2 aromatic heterocycles. The molecule has 0 aromatic carbocycles. The second kappa shape index (κ2) is 6.79. The smallest absolute Gasteiger partial charge is 0.0931 e. The lowest BCUT2D eigenvalue weighted by Gasteiger charge is -2.17. The molecule has 6 heteroatoms. The van der Waals surface area contributed by atoms with Crippen molar-refractivity contribution in [2.45, 2.75) is 39.2 Å². The van der Waals surface area contributed by atoms with Crippen molar-refractivity contribution in [2.24, 2.45) is 0 Å². The normalized spacial score (nSPS) is 13.1. The molecule has 0 saturated carbocycles. The van der Waals surface area contributed by atoms with Gasteiger partial charge in [-0.05, 0) is 36.1 Å². The van der Waals surface area contributed by atoms with E-state index in [4.69, 9.17) is 11.6 Å². The highest BCUT2D eigenvalue weighted by atomic mass is 35.5. The van der Waals surface area contributed by atoms with E-state index in [-0.39, 0.29) is 6.04 Å². The number of hydrogen-bond donors (Lipinski definition) is 1. The fraction of sp³-hybridized carbons (Fsp3) is 0.538. The first-order valence-corrected chi connectivity index (χ1v) is 8.38. The molecule has 19 heavy (non-hydrogen) atoms. The van der Waals surface area contributed by atoms with Crippen molar-refractivity contribution in [1.29, 1.82) is 0 Å². The van der Waals surface area contributed by atoms with Crippen LogP contribution in [0, 0.1) is 0 Å². The SMILES string of the molecule is CCNC(Cc1ccc(Cl)s1)c1snnc1C(C)C. The molecular weight excluding hydrogens is 298 g/mol. The van der Waals surface area contributed by atoms with E-state index in [1.54, 1.807) is 11.3 Å². The molecular formula is C13H18ClN3S2. The fourth-order valence-corrected chi connectivity index (χ4v) is 4.03. The lowest BCUT2D eigenvalue weighted by Crippen LogP contribution is -2.23. The summed E-state index contributed by atoms with van der Waals surface area (Å²) in [4.78, 5) is 2.54. The van der Waals surface area contributed by atoms with Gasteiger partial charge in [0, 0.05) is 17.3 Å². The lowest BCUT2D eigenvalue weighted by atomic mass is 10.0. The minimum Gasteiger partial charge on any atom is -0.309 e. The van der Waals surface area contributed by atoms with Gasteiger partial charge in [0.05, 0.1) is 14.9 Å². The number of halogens is 1. The molecule has 0 fully saturated rings. The molecule has 0 radical (unpaired) electrons. The molecule has 1 atom stereocenters. The van der Waals surface area contributed by atoms with Gasteiger partial charge in [0.2, 0.25) is 0 Å². The molecule has 0 aliphatic rings. The van der Waals surface area contributed by atoms with Gasteiger partial charge in [-0.3, -0.25) is 0 Å². The zero-order valence-electron chi connectivity index (χ0n) is 11.3. The first kappa shape index (κ1) is 14.9. The second-order valence-electron chi connectivity index (χ2n) is 4.70. The summed E-state index contributed by atoms with van der Waals surface area (Å²) in [7, 11) is 0. The van der Waals surface area contributed by atoms with E-state index in [9.17, 15) is 0 Å². The Balaban J connectivity index is 2.21. The van der Waals surface area contributed by atoms with Crippen LogP contribution in [0.25, 0.3) is 0 Å². The fourth-order valence-electron chi connectivity index (χ4n) is 2.01. The number of nitrogens with one attached hydrogen (secondary N) is 1. The van der Waals surface area contributed by atoms with Crippen LogP contribution in [0.15, 0.2) is 12.1 Å². The zero-order valence-corrected chi connectivity index (χ0v) is 13.7. The number of hydrogen-bond acceptors (Lipinski definition) is 5. The highest BCUT2D eigenvalue weighted by molar-refractivity contribution is 7.16. The molecule has 104 valence electrons. The minimum atomic E-state index is 0.275. The highest BCUT2D eigenvalue weighted by Crippen LogP contribution is 2.31. The average Bonchev–Trinajstić information content (AvgIpc) is 2.97. The van der Waals surface area contributed by atoms with E-state index in [2.05, 4.69) is 41.7 Å². The topological polar surface area (TPSA) is 37.8 Å². The molecule has 0 amide bonds. The Morgan fingerprint density at radius 1 is 1.37 bits per heavy atom. The molecule has 0 bridgehead atoms. The van der Waals surface area contributed by atoms with Gasteiger partial charge in [-0.25, -0.2) is 0 Å². The monoisotopic (exact) mass is 315 g/mol. The number of rotatable bonds is 6. The van der Waals surface area contributed by atoms with E-state index in [1.807, 2.05) is 6.07 Å². The van der Waals surface area contributed by atoms with Crippen LogP contribution in [0.2, 0.25) is 4.34 Å². The third-order valence-corrected chi connectivity index (χ3v) is 5.00. The summed E-state index contributed by atoms with van der Waals surface area (Å²) in [5, 5.41) is 7.80. The molecule has 1 N–H and O–H groups in total. The van der Waals surface area contributed by atoms with E-state index in [0.717, 1.165) is 23.0 Å². The van der Waals surface area contributed by atoms with Crippen molar-refractivity contribution in [3.05, 3.63) is 31.9 Å². The molecule has 2 heterocycles. The summed E-state index contributed by atoms with van der Waals surface area (Å²) in [6.07, 6.45) is 0.939. The van der Waals surface area contributed by atoms with Gasteiger partial charge in [-0.2, -0.15) is 0 Å². The number of likely N-dealkylation sites (N-methyl/N-ethyl adjacent to an activating group) is 1. The Hall–Kier alpha value is -0.490. The molecule has 0 aliphatic carbocycles. The molecule has 3 nitrogen and oxygen atoms in total. The maximum Gasteiger partial charge on any atom is 0.0931 e. The predicted octanol–water partition coefficient (Wildman–Crippen LogP) is 4.27. The highest BCUT2D eigenvalue weighted by Gasteiger charge is 2.21. The Kier molecular flexibility index (Phi) is 5.33. The summed E-state index contributed by atoms with van der Waals surface area (Å²) >= 11 is 9.15. The standard InChI is InChI=1S/C13H18ClN3S2/c1-4-15-10(7-9-5-6-11(14)18-9)13-12(8(2)3)16-17-19-13/h5-6,8,10,15H,4,7H2,1-3H3. The van der Waals surface area contributed by atoms with Crippen LogP contribution in [0.1, 0.15) is 48.2 Å². The number of aromatic nitrogens is 2. The molecule has 0 saturated heterocycles. The van der Waals surface area contributed by atoms with Crippen LogP contribution >= 0.6 is 34.5 Å². The summed E-state index contributed by atoms with van der Waals surface area (Å²) in [5.41, 5.74) is 1.11. The van der Waals surface area contributed by atoms with E-state index in [1.165, 1.54) is 21.3 Å². The number of thiophene rings is 1. The molecule has 1 unspecified atom stereocenters. The average molecular weight is 316 g/mol. The molecule has 2 aromatic rings. The maximum atomic E-state index is 6.00. The largest absolute Gasteiger partial charge is 0.309 e. The minimum absolute atomic E-state index is 0.275. The van der Waals surface area contributed by atoms with Crippen LogP contribution in [-0.2, 0) is 6.42 Å². The quantitative estimate of drug-likeness (QED) is 0.865. The Bertz CT molecular complexity index is 521. The van der Waals surface area contributed by atoms with E-state index < -0.39 is 0 Å². The third-order valence-electron chi connectivity index (χ3n) is 2.89. The zero-order chi connectivity index (χ0) is 13.8. The predicted molar refractivity (Wildman–Crippen MR) is 83.4 cm³/mol. The van der Waals surface area contributed by atoms with E-state index in [0.29, 0.717) is 5.92 Å². The van der Waals surface area contributed by atoms with Gasteiger partial charge >= 0.3 is 0 Å². The first-order chi connectivity index (χ1) is 9.11. The molecule has 0 spiro atoms. The van der Waals surface area contributed by atoms with Crippen LogP contribution < -0.4 is 5.32 Å². The molecule has 0 aliphatic heterocycles. The first-order valence-electron chi connectivity index (χ1n) is 6.41. The molecule has 2 rings (SSSR count). The third kappa shape index (κ3) is 3.75. The number of nitrogens with zero attached hydrogens (tertiary/aromatic N) is 2. The lowest BCUT2D eigenvalue weighted by molar-refractivity contribution is 0.552. The van der Waals surface area contributed by atoms with Crippen molar-refractivity contribution >= 4 is 34.5 Å². The van der Waals surface area contributed by atoms with Crippen molar-refractivity contribution < 1.29 is 0 Å². The Morgan fingerprint density at radius 3 is 2.74 bits per heavy atom. The van der Waals surface area contributed by atoms with Crippen molar-refractivity contribution in [3.8, 4) is 0 Å². The van der Waals surface area contributed by atoms with Gasteiger partial charge < -0.3 is 5.32 Å².